The maximum absolute atomic E-state index is 3.61. The summed E-state index contributed by atoms with van der Waals surface area (Å²) in [4.78, 5) is 11.6. The molecule has 0 radical (unpaired) electrons. The van der Waals surface area contributed by atoms with Crippen molar-refractivity contribution in [2.24, 2.45) is 0 Å². The van der Waals surface area contributed by atoms with Crippen molar-refractivity contribution in [1.82, 2.24) is 19.7 Å². The zero-order chi connectivity index (χ0) is 22.1. The van der Waals surface area contributed by atoms with E-state index < -0.39 is 0 Å². The molecule has 0 amide bonds. The van der Waals surface area contributed by atoms with Gasteiger partial charge in [-0.15, -0.1) is 0 Å². The molecule has 2 saturated heterocycles. The number of nitrogens with one attached hydrogen (secondary N) is 1. The number of H-pyrrole nitrogens is 1. The van der Waals surface area contributed by atoms with Gasteiger partial charge in [0.25, 0.3) is 0 Å². The summed E-state index contributed by atoms with van der Waals surface area (Å²) in [5.41, 5.74) is 5.70. The van der Waals surface area contributed by atoms with Crippen LogP contribution in [0.25, 0.3) is 10.9 Å². The first kappa shape index (κ1) is 21.7. The van der Waals surface area contributed by atoms with Crippen LogP contribution in [-0.4, -0.2) is 59.6 Å². The van der Waals surface area contributed by atoms with Crippen LogP contribution in [0.4, 0.5) is 0 Å². The molecule has 2 fully saturated rings. The van der Waals surface area contributed by atoms with E-state index in [0.717, 1.165) is 6.54 Å². The fourth-order valence-electron chi connectivity index (χ4n) is 6.25. The van der Waals surface area contributed by atoms with Crippen LogP contribution in [0, 0.1) is 6.92 Å². The summed E-state index contributed by atoms with van der Waals surface area (Å²) in [6.45, 7) is 6.83. The number of aryl methyl sites for hydroxylation is 1. The lowest BCUT2D eigenvalue weighted by Gasteiger charge is -2.51. The van der Waals surface area contributed by atoms with E-state index in [1.54, 1.807) is 0 Å². The molecule has 2 aliphatic rings. The van der Waals surface area contributed by atoms with Crippen molar-refractivity contribution in [2.45, 2.75) is 57.3 Å². The molecule has 0 saturated carbocycles. The molecule has 1 N–H and O–H groups in total. The van der Waals surface area contributed by atoms with E-state index in [2.05, 4.69) is 95.3 Å². The van der Waals surface area contributed by atoms with Crippen molar-refractivity contribution >= 4 is 10.9 Å². The van der Waals surface area contributed by atoms with Crippen molar-refractivity contribution in [3.8, 4) is 0 Å². The first-order valence-electron chi connectivity index (χ1n) is 12.4. The zero-order valence-electron chi connectivity index (χ0n) is 20.0. The van der Waals surface area contributed by atoms with Crippen LogP contribution in [-0.2, 0) is 12.1 Å². The molecule has 1 atom stereocenters. The molecule has 0 spiro atoms. The van der Waals surface area contributed by atoms with Crippen LogP contribution >= 0.6 is 0 Å². The Hall–Kier alpha value is -2.14. The van der Waals surface area contributed by atoms with Crippen molar-refractivity contribution < 1.29 is 0 Å². The molecule has 5 rings (SSSR count). The number of benzene rings is 2. The minimum Gasteiger partial charge on any atom is -0.358 e. The number of likely N-dealkylation sites (tertiary alicyclic amines) is 2. The maximum Gasteiger partial charge on any atom is 0.0625 e. The van der Waals surface area contributed by atoms with Gasteiger partial charge in [0.05, 0.1) is 6.17 Å². The van der Waals surface area contributed by atoms with Gasteiger partial charge in [0.1, 0.15) is 0 Å². The quantitative estimate of drug-likeness (QED) is 0.591. The van der Waals surface area contributed by atoms with E-state index in [9.17, 15) is 0 Å². The van der Waals surface area contributed by atoms with Crippen LogP contribution in [0.5, 0.6) is 0 Å². The largest absolute Gasteiger partial charge is 0.358 e. The Morgan fingerprint density at radius 2 is 1.66 bits per heavy atom. The van der Waals surface area contributed by atoms with E-state index in [1.165, 1.54) is 79.5 Å². The van der Waals surface area contributed by atoms with Gasteiger partial charge in [0.15, 0.2) is 0 Å². The summed E-state index contributed by atoms with van der Waals surface area (Å²) < 4.78 is 0. The third-order valence-electron chi connectivity index (χ3n) is 8.18. The molecule has 2 aliphatic heterocycles. The molecule has 4 heteroatoms. The number of rotatable bonds is 5. The number of fused-ring (bicyclic) bond motifs is 1. The average Bonchev–Trinajstić information content (AvgIpc) is 3.15. The van der Waals surface area contributed by atoms with E-state index >= 15 is 0 Å². The molecule has 170 valence electrons. The van der Waals surface area contributed by atoms with Gasteiger partial charge in [-0.25, -0.2) is 0 Å². The molecule has 1 aromatic heterocycles. The number of nitrogens with zero attached hydrogens (tertiary/aromatic N) is 3. The van der Waals surface area contributed by atoms with Gasteiger partial charge in [-0.05, 0) is 76.9 Å². The van der Waals surface area contributed by atoms with E-state index in [4.69, 9.17) is 0 Å². The SMILES string of the molecule is Cc1[nH]c2ccccc2c1CN1CCCCC1N1CCC(c2ccccc2)(N(C)C)CC1. The second-order valence-corrected chi connectivity index (χ2v) is 10.0. The highest BCUT2D eigenvalue weighted by Gasteiger charge is 2.41. The van der Waals surface area contributed by atoms with E-state index in [0.29, 0.717) is 6.17 Å². The summed E-state index contributed by atoms with van der Waals surface area (Å²) >= 11 is 0. The normalized spacial score (nSPS) is 22.6. The van der Waals surface area contributed by atoms with Crippen LogP contribution in [0.3, 0.4) is 0 Å². The molecule has 0 aliphatic carbocycles. The lowest BCUT2D eigenvalue weighted by Crippen LogP contribution is -2.57. The first-order chi connectivity index (χ1) is 15.6. The Morgan fingerprint density at radius 1 is 0.938 bits per heavy atom. The summed E-state index contributed by atoms with van der Waals surface area (Å²) in [5, 5.41) is 1.39. The van der Waals surface area contributed by atoms with E-state index in [-0.39, 0.29) is 5.54 Å². The third-order valence-corrected chi connectivity index (χ3v) is 8.18. The molecule has 4 nitrogen and oxygen atoms in total. The highest BCUT2D eigenvalue weighted by atomic mass is 15.4. The topological polar surface area (TPSA) is 25.5 Å². The monoisotopic (exact) mass is 430 g/mol. The van der Waals surface area contributed by atoms with Gasteiger partial charge in [-0.2, -0.15) is 0 Å². The number of hydrogen-bond acceptors (Lipinski definition) is 3. The highest BCUT2D eigenvalue weighted by molar-refractivity contribution is 5.84. The molecule has 0 bridgehead atoms. The van der Waals surface area contributed by atoms with Gasteiger partial charge in [0.2, 0.25) is 0 Å². The average molecular weight is 431 g/mol. The number of hydrogen-bond donors (Lipinski definition) is 1. The lowest BCUT2D eigenvalue weighted by molar-refractivity contribution is -0.0370. The van der Waals surface area contributed by atoms with Gasteiger partial charge >= 0.3 is 0 Å². The number of piperidine rings is 2. The lowest BCUT2D eigenvalue weighted by atomic mass is 9.79. The van der Waals surface area contributed by atoms with Crippen LogP contribution in [0.15, 0.2) is 54.6 Å². The Balaban J connectivity index is 1.34. The van der Waals surface area contributed by atoms with Crippen molar-refractivity contribution in [3.05, 3.63) is 71.4 Å². The second-order valence-electron chi connectivity index (χ2n) is 10.0. The third kappa shape index (κ3) is 3.89. The maximum atomic E-state index is 3.61. The zero-order valence-corrected chi connectivity index (χ0v) is 20.0. The van der Waals surface area contributed by atoms with Gasteiger partial charge in [-0.1, -0.05) is 48.5 Å². The number of aromatic amines is 1. The number of aromatic nitrogens is 1. The first-order valence-corrected chi connectivity index (χ1v) is 12.4. The summed E-state index contributed by atoms with van der Waals surface area (Å²) in [6.07, 6.45) is 6.91. The Kier molecular flexibility index (Phi) is 6.11. The Bertz CT molecular complexity index is 1030. The highest BCUT2D eigenvalue weighted by Crippen LogP contribution is 2.39. The van der Waals surface area contributed by atoms with Gasteiger partial charge in [-0.3, -0.25) is 14.7 Å². The van der Waals surface area contributed by atoms with Crippen molar-refractivity contribution in [3.63, 3.8) is 0 Å². The van der Waals surface area contributed by atoms with Crippen LogP contribution in [0.2, 0.25) is 0 Å². The van der Waals surface area contributed by atoms with Crippen molar-refractivity contribution in [2.75, 3.05) is 33.7 Å². The van der Waals surface area contributed by atoms with Crippen molar-refractivity contribution in [1.29, 1.82) is 0 Å². The fraction of sp³-hybridized carbons (Fsp3) is 0.500. The molecular formula is C28H38N4. The molecule has 3 aromatic rings. The molecular weight excluding hydrogens is 392 g/mol. The molecule has 2 aromatic carbocycles. The molecule has 3 heterocycles. The predicted octanol–water partition coefficient (Wildman–Crippen LogP) is 5.34. The van der Waals surface area contributed by atoms with Crippen LogP contribution in [0.1, 0.15) is 48.9 Å². The van der Waals surface area contributed by atoms with Gasteiger partial charge < -0.3 is 4.98 Å². The summed E-state index contributed by atoms with van der Waals surface area (Å²) in [6, 6.07) is 19.9. The molecule has 1 unspecified atom stereocenters. The van der Waals surface area contributed by atoms with Crippen LogP contribution < -0.4 is 0 Å². The minimum absolute atomic E-state index is 0.157. The standard InChI is InChI=1S/C28H38N4/c1-22-25(24-13-7-8-14-26(24)29-22)21-32-18-10-9-15-27(32)31-19-16-28(17-20-31,30(2)3)23-11-5-4-6-12-23/h4-8,11-14,27,29H,9-10,15-21H2,1-3H3. The summed E-state index contributed by atoms with van der Waals surface area (Å²) in [7, 11) is 4.52. The Labute approximate surface area is 193 Å². The second kappa shape index (κ2) is 9.01. The number of para-hydroxylation sites is 1. The smallest absolute Gasteiger partial charge is 0.0625 e. The Morgan fingerprint density at radius 3 is 2.41 bits per heavy atom. The summed E-state index contributed by atoms with van der Waals surface area (Å²) in [5.74, 6) is 0. The predicted molar refractivity (Wildman–Crippen MR) is 134 cm³/mol. The van der Waals surface area contributed by atoms with Gasteiger partial charge in [0, 0.05) is 41.8 Å². The molecule has 32 heavy (non-hydrogen) atoms. The fourth-order valence-corrected chi connectivity index (χ4v) is 6.25. The minimum atomic E-state index is 0.157. The van der Waals surface area contributed by atoms with E-state index in [1.807, 2.05) is 0 Å².